The molecule has 3 heterocycles. The van der Waals surface area contributed by atoms with Gasteiger partial charge in [-0.2, -0.15) is 0 Å². The number of rotatable bonds is 6. The third-order valence-electron chi connectivity index (χ3n) is 6.32. The van der Waals surface area contributed by atoms with Crippen LogP contribution < -0.4 is 0 Å². The summed E-state index contributed by atoms with van der Waals surface area (Å²) in [6, 6.07) is 4.56. The maximum atomic E-state index is 13.0. The van der Waals surface area contributed by atoms with Crippen LogP contribution in [0.1, 0.15) is 63.7 Å². The summed E-state index contributed by atoms with van der Waals surface area (Å²) in [6.07, 6.45) is 1.86. The standard InChI is InChI=1S/C23H26N4O6/c1-2-3-8-26-22(32)16-5-4-15(13-17(16)23(26)33)21(31)25-11-9-24(10-12-25)20(30)14-27-18(28)6-7-19(27)29/h4-5,13H,2-3,6-12,14H2,1H3. The summed E-state index contributed by atoms with van der Waals surface area (Å²) in [6.45, 7) is 3.23. The molecule has 3 aliphatic heterocycles. The minimum atomic E-state index is -0.375. The van der Waals surface area contributed by atoms with E-state index in [1.54, 1.807) is 15.9 Å². The van der Waals surface area contributed by atoms with Crippen LogP contribution in [0, 0.1) is 0 Å². The molecule has 10 nitrogen and oxygen atoms in total. The largest absolute Gasteiger partial charge is 0.338 e. The van der Waals surface area contributed by atoms with Gasteiger partial charge in [0.1, 0.15) is 6.54 Å². The van der Waals surface area contributed by atoms with E-state index < -0.39 is 0 Å². The highest BCUT2D eigenvalue weighted by atomic mass is 16.2. The van der Waals surface area contributed by atoms with Crippen LogP contribution in [-0.2, 0) is 14.4 Å². The molecule has 1 aromatic rings. The van der Waals surface area contributed by atoms with E-state index in [1.807, 2.05) is 6.92 Å². The van der Waals surface area contributed by atoms with Crippen molar-refractivity contribution in [1.82, 2.24) is 19.6 Å². The minimum absolute atomic E-state index is 0.139. The van der Waals surface area contributed by atoms with Gasteiger partial charge < -0.3 is 9.80 Å². The van der Waals surface area contributed by atoms with E-state index >= 15 is 0 Å². The molecule has 3 aliphatic rings. The van der Waals surface area contributed by atoms with Gasteiger partial charge in [-0.3, -0.25) is 38.6 Å². The van der Waals surface area contributed by atoms with Gasteiger partial charge in [0.15, 0.2) is 0 Å². The lowest BCUT2D eigenvalue weighted by Gasteiger charge is -2.35. The van der Waals surface area contributed by atoms with E-state index in [1.165, 1.54) is 17.0 Å². The second-order valence-corrected chi connectivity index (χ2v) is 8.42. The van der Waals surface area contributed by atoms with Gasteiger partial charge in [0.05, 0.1) is 11.1 Å². The van der Waals surface area contributed by atoms with Crippen molar-refractivity contribution in [2.45, 2.75) is 32.6 Å². The highest BCUT2D eigenvalue weighted by molar-refractivity contribution is 6.22. The maximum absolute atomic E-state index is 13.0. The van der Waals surface area contributed by atoms with E-state index in [0.29, 0.717) is 30.8 Å². The Kier molecular flexibility index (Phi) is 6.26. The second-order valence-electron chi connectivity index (χ2n) is 8.42. The first kappa shape index (κ1) is 22.6. The molecule has 0 unspecified atom stereocenters. The zero-order valence-electron chi connectivity index (χ0n) is 18.5. The minimum Gasteiger partial charge on any atom is -0.338 e. The highest BCUT2D eigenvalue weighted by Gasteiger charge is 2.36. The summed E-state index contributed by atoms with van der Waals surface area (Å²) in [5.41, 5.74) is 0.880. The van der Waals surface area contributed by atoms with Gasteiger partial charge in [-0.15, -0.1) is 0 Å². The number of unbranched alkanes of at least 4 members (excludes halogenated alkanes) is 1. The number of amides is 6. The van der Waals surface area contributed by atoms with Crippen molar-refractivity contribution in [2.75, 3.05) is 39.3 Å². The first-order valence-electron chi connectivity index (χ1n) is 11.2. The van der Waals surface area contributed by atoms with Gasteiger partial charge in [0, 0.05) is 51.1 Å². The Morgan fingerprint density at radius 1 is 0.818 bits per heavy atom. The van der Waals surface area contributed by atoms with Crippen LogP contribution in [0.15, 0.2) is 18.2 Å². The Labute approximate surface area is 191 Å². The summed E-state index contributed by atoms with van der Waals surface area (Å²) in [7, 11) is 0. The van der Waals surface area contributed by atoms with Gasteiger partial charge in [-0.05, 0) is 24.6 Å². The molecule has 0 aromatic heterocycles. The molecule has 0 bridgehead atoms. The van der Waals surface area contributed by atoms with Crippen LogP contribution in [0.4, 0.5) is 0 Å². The van der Waals surface area contributed by atoms with Crippen LogP contribution >= 0.6 is 0 Å². The van der Waals surface area contributed by atoms with Crippen molar-refractivity contribution >= 4 is 35.4 Å². The Balaban J connectivity index is 1.37. The topological polar surface area (TPSA) is 115 Å². The maximum Gasteiger partial charge on any atom is 0.261 e. The number of piperazine rings is 1. The predicted octanol–water partition coefficient (Wildman–Crippen LogP) is 0.516. The highest BCUT2D eigenvalue weighted by Crippen LogP contribution is 2.25. The number of nitrogens with zero attached hydrogens (tertiary/aromatic N) is 4. The predicted molar refractivity (Wildman–Crippen MR) is 115 cm³/mol. The molecule has 33 heavy (non-hydrogen) atoms. The number of benzene rings is 1. The van der Waals surface area contributed by atoms with E-state index in [-0.39, 0.29) is 73.5 Å². The van der Waals surface area contributed by atoms with Gasteiger partial charge in [0.25, 0.3) is 17.7 Å². The summed E-state index contributed by atoms with van der Waals surface area (Å²) in [5.74, 6) is -1.97. The number of hydrogen-bond acceptors (Lipinski definition) is 6. The fraction of sp³-hybridized carbons (Fsp3) is 0.478. The zero-order valence-corrected chi connectivity index (χ0v) is 18.5. The molecule has 6 amide bonds. The fourth-order valence-electron chi connectivity index (χ4n) is 4.32. The third-order valence-corrected chi connectivity index (χ3v) is 6.32. The summed E-state index contributed by atoms with van der Waals surface area (Å²) < 4.78 is 0. The Morgan fingerprint density at radius 2 is 1.42 bits per heavy atom. The number of carbonyl (C=O) groups is 6. The number of fused-ring (bicyclic) bond motifs is 1. The molecule has 0 aliphatic carbocycles. The fourth-order valence-corrected chi connectivity index (χ4v) is 4.32. The zero-order chi connectivity index (χ0) is 23.7. The molecular formula is C23H26N4O6. The van der Waals surface area contributed by atoms with Crippen LogP contribution in [0.3, 0.4) is 0 Å². The summed E-state index contributed by atoms with van der Waals surface area (Å²) in [4.78, 5) is 79.4. The van der Waals surface area contributed by atoms with Crippen molar-refractivity contribution in [3.63, 3.8) is 0 Å². The molecule has 0 atom stereocenters. The van der Waals surface area contributed by atoms with E-state index in [2.05, 4.69) is 0 Å². The molecular weight excluding hydrogens is 428 g/mol. The SMILES string of the molecule is CCCCN1C(=O)c2ccc(C(=O)N3CCN(C(=O)CN4C(=O)CCC4=O)CC3)cc2C1=O. The van der Waals surface area contributed by atoms with E-state index in [4.69, 9.17) is 0 Å². The van der Waals surface area contributed by atoms with Crippen LogP contribution in [0.2, 0.25) is 0 Å². The Bertz CT molecular complexity index is 1030. The number of likely N-dealkylation sites (tertiary alicyclic amines) is 1. The average Bonchev–Trinajstić information content (AvgIpc) is 3.27. The Hall–Kier alpha value is -3.56. The first-order chi connectivity index (χ1) is 15.8. The smallest absolute Gasteiger partial charge is 0.261 e. The van der Waals surface area contributed by atoms with E-state index in [9.17, 15) is 28.8 Å². The molecule has 1 aromatic carbocycles. The number of carbonyl (C=O) groups excluding carboxylic acids is 6. The summed E-state index contributed by atoms with van der Waals surface area (Å²) >= 11 is 0. The van der Waals surface area contributed by atoms with Crippen LogP contribution in [0.25, 0.3) is 0 Å². The third kappa shape index (κ3) is 4.24. The molecule has 0 saturated carbocycles. The van der Waals surface area contributed by atoms with Gasteiger partial charge in [0.2, 0.25) is 17.7 Å². The van der Waals surface area contributed by atoms with Crippen molar-refractivity contribution in [3.8, 4) is 0 Å². The van der Waals surface area contributed by atoms with Crippen molar-refractivity contribution in [3.05, 3.63) is 34.9 Å². The molecule has 2 fully saturated rings. The van der Waals surface area contributed by atoms with Crippen molar-refractivity contribution in [1.29, 1.82) is 0 Å². The second kappa shape index (κ2) is 9.13. The first-order valence-corrected chi connectivity index (χ1v) is 11.2. The molecule has 0 N–H and O–H groups in total. The van der Waals surface area contributed by atoms with E-state index in [0.717, 1.165) is 17.7 Å². The molecule has 10 heteroatoms. The Morgan fingerprint density at radius 3 is 2.06 bits per heavy atom. The number of imide groups is 2. The van der Waals surface area contributed by atoms with Gasteiger partial charge in [-0.1, -0.05) is 13.3 Å². The van der Waals surface area contributed by atoms with Crippen LogP contribution in [-0.4, -0.2) is 94.3 Å². The summed E-state index contributed by atoms with van der Waals surface area (Å²) in [5, 5.41) is 0. The van der Waals surface area contributed by atoms with Gasteiger partial charge in [-0.25, -0.2) is 0 Å². The molecule has 0 spiro atoms. The van der Waals surface area contributed by atoms with Crippen molar-refractivity contribution in [2.24, 2.45) is 0 Å². The van der Waals surface area contributed by atoms with Gasteiger partial charge >= 0.3 is 0 Å². The molecule has 4 rings (SSSR count). The lowest BCUT2D eigenvalue weighted by Crippen LogP contribution is -2.53. The van der Waals surface area contributed by atoms with Crippen molar-refractivity contribution < 1.29 is 28.8 Å². The lowest BCUT2D eigenvalue weighted by molar-refractivity contribution is -0.146. The lowest BCUT2D eigenvalue weighted by atomic mass is 10.0. The monoisotopic (exact) mass is 454 g/mol. The quantitative estimate of drug-likeness (QED) is 0.579. The van der Waals surface area contributed by atoms with Crippen LogP contribution in [0.5, 0.6) is 0 Å². The average molecular weight is 454 g/mol. The molecule has 2 saturated heterocycles. The molecule has 174 valence electrons. The number of hydrogen-bond donors (Lipinski definition) is 0. The molecule has 0 radical (unpaired) electrons. The normalized spacial score (nSPS) is 18.5.